The highest BCUT2D eigenvalue weighted by molar-refractivity contribution is 5.24. The van der Waals surface area contributed by atoms with Crippen LogP contribution >= 0.6 is 0 Å². The fraction of sp³-hybridized carbons (Fsp3) is 0.357. The Bertz CT molecular complexity index is 517. The number of aryl methyl sites for hydroxylation is 2. The molecule has 3 heteroatoms. The van der Waals surface area contributed by atoms with Crippen LogP contribution in [-0.4, -0.2) is 14.7 Å². The van der Waals surface area contributed by atoms with Gasteiger partial charge < -0.3 is 9.67 Å². The third-order valence-electron chi connectivity index (χ3n) is 3.14. The maximum Gasteiger partial charge on any atom is 0.0969 e. The fourth-order valence-electron chi connectivity index (χ4n) is 1.90. The van der Waals surface area contributed by atoms with Crippen molar-refractivity contribution in [1.29, 1.82) is 0 Å². The molecule has 1 N–H and O–H groups in total. The smallest absolute Gasteiger partial charge is 0.0969 e. The van der Waals surface area contributed by atoms with Crippen molar-refractivity contribution in [3.63, 3.8) is 0 Å². The number of hydrogen-bond acceptors (Lipinski definition) is 2. The molecule has 2 rings (SSSR count). The van der Waals surface area contributed by atoms with E-state index in [0.29, 0.717) is 6.54 Å². The van der Waals surface area contributed by atoms with Crippen LogP contribution in [-0.2, 0) is 6.54 Å². The second kappa shape index (κ2) is 4.72. The Morgan fingerprint density at radius 2 is 2.06 bits per heavy atom. The van der Waals surface area contributed by atoms with E-state index in [1.165, 1.54) is 5.56 Å². The molecule has 0 saturated carbocycles. The normalized spacial score (nSPS) is 12.7. The van der Waals surface area contributed by atoms with E-state index in [1.54, 1.807) is 6.33 Å². The quantitative estimate of drug-likeness (QED) is 0.880. The van der Waals surface area contributed by atoms with Gasteiger partial charge in [-0.15, -0.1) is 0 Å². The van der Waals surface area contributed by atoms with Gasteiger partial charge in [0.1, 0.15) is 0 Å². The second-order valence-electron chi connectivity index (χ2n) is 4.50. The van der Waals surface area contributed by atoms with E-state index in [9.17, 15) is 5.11 Å². The van der Waals surface area contributed by atoms with Crippen molar-refractivity contribution in [2.75, 3.05) is 0 Å². The molecule has 17 heavy (non-hydrogen) atoms. The van der Waals surface area contributed by atoms with E-state index in [2.05, 4.69) is 4.98 Å². The van der Waals surface area contributed by atoms with Gasteiger partial charge in [0.25, 0.3) is 0 Å². The van der Waals surface area contributed by atoms with Gasteiger partial charge in [0.05, 0.1) is 24.7 Å². The summed E-state index contributed by atoms with van der Waals surface area (Å²) in [5.41, 5.74) is 4.24. The monoisotopic (exact) mass is 230 g/mol. The highest BCUT2D eigenvalue weighted by Crippen LogP contribution is 2.17. The van der Waals surface area contributed by atoms with Crippen LogP contribution in [0.4, 0.5) is 0 Å². The third kappa shape index (κ3) is 2.56. The number of rotatable bonds is 3. The second-order valence-corrected chi connectivity index (χ2v) is 4.50. The summed E-state index contributed by atoms with van der Waals surface area (Å²) >= 11 is 0. The van der Waals surface area contributed by atoms with Crippen LogP contribution in [0.1, 0.15) is 28.6 Å². The first-order chi connectivity index (χ1) is 8.08. The van der Waals surface area contributed by atoms with Crippen LogP contribution in [0.15, 0.2) is 30.6 Å². The van der Waals surface area contributed by atoms with Gasteiger partial charge in [-0.05, 0) is 26.3 Å². The Labute approximate surface area is 102 Å². The summed E-state index contributed by atoms with van der Waals surface area (Å²) in [7, 11) is 0. The third-order valence-corrected chi connectivity index (χ3v) is 3.14. The molecule has 0 aliphatic carbocycles. The molecule has 2 aromatic rings. The predicted octanol–water partition coefficient (Wildman–Crippen LogP) is 2.54. The minimum Gasteiger partial charge on any atom is -0.387 e. The first kappa shape index (κ1) is 11.9. The molecule has 0 saturated heterocycles. The van der Waals surface area contributed by atoms with Crippen LogP contribution in [0.25, 0.3) is 0 Å². The fourth-order valence-corrected chi connectivity index (χ4v) is 1.90. The topological polar surface area (TPSA) is 38.0 Å². The van der Waals surface area contributed by atoms with Gasteiger partial charge in [0.15, 0.2) is 0 Å². The number of imidazole rings is 1. The van der Waals surface area contributed by atoms with E-state index in [1.807, 2.05) is 49.6 Å². The lowest BCUT2D eigenvalue weighted by Gasteiger charge is -2.13. The van der Waals surface area contributed by atoms with Crippen molar-refractivity contribution in [3.05, 3.63) is 53.1 Å². The molecular formula is C14H18N2O. The minimum atomic E-state index is -0.484. The van der Waals surface area contributed by atoms with Crippen molar-refractivity contribution in [1.82, 2.24) is 9.55 Å². The summed E-state index contributed by atoms with van der Waals surface area (Å²) in [5, 5.41) is 10.2. The van der Waals surface area contributed by atoms with Crippen molar-refractivity contribution < 1.29 is 5.11 Å². The largest absolute Gasteiger partial charge is 0.387 e. The van der Waals surface area contributed by atoms with E-state index < -0.39 is 6.10 Å². The van der Waals surface area contributed by atoms with E-state index in [4.69, 9.17) is 0 Å². The van der Waals surface area contributed by atoms with E-state index in [0.717, 1.165) is 17.0 Å². The highest BCUT2D eigenvalue weighted by Gasteiger charge is 2.10. The molecule has 0 spiro atoms. The lowest BCUT2D eigenvalue weighted by Crippen LogP contribution is -2.09. The van der Waals surface area contributed by atoms with Gasteiger partial charge in [0, 0.05) is 5.69 Å². The van der Waals surface area contributed by atoms with Crippen molar-refractivity contribution in [3.8, 4) is 0 Å². The summed E-state index contributed by atoms with van der Waals surface area (Å²) < 4.78 is 1.99. The zero-order valence-electron chi connectivity index (χ0n) is 10.5. The zero-order valence-corrected chi connectivity index (χ0v) is 10.5. The van der Waals surface area contributed by atoms with Crippen LogP contribution in [0.3, 0.4) is 0 Å². The van der Waals surface area contributed by atoms with Gasteiger partial charge in [0.2, 0.25) is 0 Å². The predicted molar refractivity (Wildman–Crippen MR) is 67.8 cm³/mol. The molecule has 1 heterocycles. The van der Waals surface area contributed by atoms with Crippen LogP contribution in [0.5, 0.6) is 0 Å². The summed E-state index contributed by atoms with van der Waals surface area (Å²) in [6, 6.07) is 7.98. The molecule has 3 nitrogen and oxygen atoms in total. The van der Waals surface area contributed by atoms with E-state index >= 15 is 0 Å². The molecule has 0 aliphatic rings. The Morgan fingerprint density at radius 3 is 2.65 bits per heavy atom. The molecule has 0 bridgehead atoms. The summed E-state index contributed by atoms with van der Waals surface area (Å²) in [6.45, 7) is 6.58. The van der Waals surface area contributed by atoms with Crippen molar-refractivity contribution in [2.24, 2.45) is 0 Å². The lowest BCUT2D eigenvalue weighted by molar-refractivity contribution is 0.155. The SMILES string of the molecule is Cc1cccc(C(O)Cn2cnc(C)c2C)c1. The standard InChI is InChI=1S/C14H18N2O/c1-10-5-4-6-13(7-10)14(17)8-16-9-15-11(2)12(16)3/h4-7,9,14,17H,8H2,1-3H3. The molecule has 0 amide bonds. The molecule has 1 aromatic carbocycles. The van der Waals surface area contributed by atoms with Crippen LogP contribution in [0.2, 0.25) is 0 Å². The Hall–Kier alpha value is -1.61. The summed E-state index contributed by atoms with van der Waals surface area (Å²) in [6.07, 6.45) is 1.30. The number of benzene rings is 1. The number of aliphatic hydroxyl groups excluding tert-OH is 1. The number of nitrogens with zero attached hydrogens (tertiary/aromatic N) is 2. The molecule has 0 radical (unpaired) electrons. The molecule has 0 aliphatic heterocycles. The summed E-state index contributed by atoms with van der Waals surface area (Å²) in [4.78, 5) is 4.23. The first-order valence-corrected chi connectivity index (χ1v) is 5.81. The lowest BCUT2D eigenvalue weighted by atomic mass is 10.1. The van der Waals surface area contributed by atoms with Crippen LogP contribution < -0.4 is 0 Å². The van der Waals surface area contributed by atoms with E-state index in [-0.39, 0.29) is 0 Å². The van der Waals surface area contributed by atoms with Gasteiger partial charge in [-0.2, -0.15) is 0 Å². The Morgan fingerprint density at radius 1 is 1.29 bits per heavy atom. The molecule has 90 valence electrons. The summed E-state index contributed by atoms with van der Waals surface area (Å²) in [5.74, 6) is 0. The first-order valence-electron chi connectivity index (χ1n) is 5.81. The molecular weight excluding hydrogens is 212 g/mol. The highest BCUT2D eigenvalue weighted by atomic mass is 16.3. The molecule has 1 atom stereocenters. The van der Waals surface area contributed by atoms with Gasteiger partial charge in [-0.25, -0.2) is 4.98 Å². The van der Waals surface area contributed by atoms with Gasteiger partial charge in [-0.1, -0.05) is 29.8 Å². The van der Waals surface area contributed by atoms with Crippen molar-refractivity contribution >= 4 is 0 Å². The molecule has 0 fully saturated rings. The maximum absolute atomic E-state index is 10.2. The average Bonchev–Trinajstić information content (AvgIpc) is 2.61. The Balaban J connectivity index is 2.17. The maximum atomic E-state index is 10.2. The molecule has 1 unspecified atom stereocenters. The average molecular weight is 230 g/mol. The number of aliphatic hydroxyl groups is 1. The zero-order chi connectivity index (χ0) is 12.4. The number of hydrogen-bond donors (Lipinski definition) is 1. The minimum absolute atomic E-state index is 0.484. The number of aromatic nitrogens is 2. The van der Waals surface area contributed by atoms with Gasteiger partial charge >= 0.3 is 0 Å². The Kier molecular flexibility index (Phi) is 3.29. The molecule has 1 aromatic heterocycles. The van der Waals surface area contributed by atoms with Crippen LogP contribution in [0, 0.1) is 20.8 Å². The van der Waals surface area contributed by atoms with Crippen molar-refractivity contribution in [2.45, 2.75) is 33.4 Å². The van der Waals surface area contributed by atoms with Gasteiger partial charge in [-0.3, -0.25) is 0 Å².